The Kier molecular flexibility index (Phi) is 6.05. The molecule has 1 aliphatic heterocycles. The fourth-order valence-corrected chi connectivity index (χ4v) is 3.51. The van der Waals surface area contributed by atoms with Gasteiger partial charge in [0, 0.05) is 16.6 Å². The van der Waals surface area contributed by atoms with Crippen molar-refractivity contribution in [3.63, 3.8) is 0 Å². The van der Waals surface area contributed by atoms with E-state index in [1.54, 1.807) is 12.1 Å². The zero-order valence-electron chi connectivity index (χ0n) is 16.5. The largest absolute Gasteiger partial charge is 0.573 e. The lowest BCUT2D eigenvalue weighted by Gasteiger charge is -2.16. The van der Waals surface area contributed by atoms with Crippen LogP contribution in [0.3, 0.4) is 0 Å². The van der Waals surface area contributed by atoms with Gasteiger partial charge in [0.25, 0.3) is 0 Å². The normalized spacial score (nSPS) is 15.9. The van der Waals surface area contributed by atoms with Crippen LogP contribution < -0.4 is 10.1 Å². The first-order valence-corrected chi connectivity index (χ1v) is 10.00. The number of ether oxygens (including phenoxy) is 1. The molecule has 1 atom stereocenters. The number of carbonyl (C=O) groups excluding carboxylic acids is 1. The highest BCUT2D eigenvalue weighted by Crippen LogP contribution is 2.30. The van der Waals surface area contributed by atoms with Crippen LogP contribution in [0.2, 0.25) is 5.02 Å². The molecular formula is C23H17ClF3N3O2. The lowest BCUT2D eigenvalue weighted by atomic mass is 9.91. The van der Waals surface area contributed by atoms with E-state index in [1.165, 1.54) is 17.1 Å². The molecule has 0 radical (unpaired) electrons. The van der Waals surface area contributed by atoms with Crippen molar-refractivity contribution in [3.8, 4) is 5.75 Å². The molecule has 9 heteroatoms. The van der Waals surface area contributed by atoms with Crippen LogP contribution in [0.15, 0.2) is 84.0 Å². The summed E-state index contributed by atoms with van der Waals surface area (Å²) < 4.78 is 40.8. The number of rotatable bonds is 4. The Morgan fingerprint density at radius 2 is 1.66 bits per heavy atom. The predicted molar refractivity (Wildman–Crippen MR) is 116 cm³/mol. The average molecular weight is 460 g/mol. The molecule has 1 aliphatic rings. The second-order valence-corrected chi connectivity index (χ2v) is 7.48. The van der Waals surface area contributed by atoms with Crippen molar-refractivity contribution in [3.05, 3.63) is 95.0 Å². The molecule has 1 heterocycles. The van der Waals surface area contributed by atoms with E-state index in [9.17, 15) is 18.0 Å². The van der Waals surface area contributed by atoms with Gasteiger partial charge in [0.05, 0.1) is 12.3 Å². The highest BCUT2D eigenvalue weighted by atomic mass is 35.5. The van der Waals surface area contributed by atoms with E-state index in [1.807, 2.05) is 42.5 Å². The molecule has 5 nitrogen and oxygen atoms in total. The van der Waals surface area contributed by atoms with Crippen molar-refractivity contribution in [2.24, 2.45) is 5.10 Å². The van der Waals surface area contributed by atoms with Gasteiger partial charge in [-0.05, 0) is 47.5 Å². The lowest BCUT2D eigenvalue weighted by molar-refractivity contribution is -0.274. The Balaban J connectivity index is 1.53. The summed E-state index contributed by atoms with van der Waals surface area (Å²) in [6, 6.07) is 21.3. The molecule has 3 aromatic rings. The minimum atomic E-state index is -4.78. The molecule has 32 heavy (non-hydrogen) atoms. The fourth-order valence-electron chi connectivity index (χ4n) is 3.38. The van der Waals surface area contributed by atoms with Gasteiger partial charge < -0.3 is 10.1 Å². The second-order valence-electron chi connectivity index (χ2n) is 7.04. The van der Waals surface area contributed by atoms with Crippen molar-refractivity contribution in [2.45, 2.75) is 12.3 Å². The van der Waals surface area contributed by atoms with Crippen LogP contribution in [0.4, 0.5) is 23.7 Å². The van der Waals surface area contributed by atoms with Crippen LogP contribution in [-0.2, 0) is 0 Å². The van der Waals surface area contributed by atoms with Crippen molar-refractivity contribution < 1.29 is 22.7 Å². The van der Waals surface area contributed by atoms with Gasteiger partial charge in [-0.15, -0.1) is 13.2 Å². The van der Waals surface area contributed by atoms with Gasteiger partial charge in [-0.1, -0.05) is 54.1 Å². The number of nitrogens with one attached hydrogen (secondary N) is 1. The third-order valence-electron chi connectivity index (χ3n) is 4.83. The number of alkyl halides is 3. The van der Waals surface area contributed by atoms with Crippen LogP contribution in [0.25, 0.3) is 0 Å². The highest BCUT2D eigenvalue weighted by molar-refractivity contribution is 6.30. The molecule has 1 unspecified atom stereocenters. The molecule has 1 N–H and O–H groups in total. The van der Waals surface area contributed by atoms with Gasteiger partial charge in [0.2, 0.25) is 0 Å². The minimum Gasteiger partial charge on any atom is -0.406 e. The molecule has 0 aromatic heterocycles. The number of anilines is 1. The number of hydrogen-bond acceptors (Lipinski definition) is 3. The van der Waals surface area contributed by atoms with Gasteiger partial charge in [0.1, 0.15) is 5.75 Å². The van der Waals surface area contributed by atoms with E-state index >= 15 is 0 Å². The standard InChI is InChI=1S/C23H17ClF3N3O2/c24-17-8-6-15(7-9-17)20-14-30(29-21(20)16-4-2-1-3-5-16)22(31)28-18-10-12-19(13-11-18)32-23(25,26)27/h1-13,20H,14H2,(H,28,31). The fraction of sp³-hybridized carbons (Fsp3) is 0.130. The monoisotopic (exact) mass is 459 g/mol. The first-order valence-electron chi connectivity index (χ1n) is 9.62. The average Bonchev–Trinajstić information content (AvgIpc) is 3.21. The summed E-state index contributed by atoms with van der Waals surface area (Å²) in [5.41, 5.74) is 2.89. The Labute approximate surface area is 187 Å². The van der Waals surface area contributed by atoms with E-state index in [0.717, 1.165) is 29.0 Å². The zero-order chi connectivity index (χ0) is 22.7. The van der Waals surface area contributed by atoms with Gasteiger partial charge in [-0.3, -0.25) is 0 Å². The maximum absolute atomic E-state index is 12.8. The first-order chi connectivity index (χ1) is 15.3. The van der Waals surface area contributed by atoms with Crippen molar-refractivity contribution in [1.29, 1.82) is 0 Å². The predicted octanol–water partition coefficient (Wildman–Crippen LogP) is 6.27. The molecule has 0 spiro atoms. The van der Waals surface area contributed by atoms with Gasteiger partial charge in [-0.2, -0.15) is 5.10 Å². The van der Waals surface area contributed by atoms with E-state index in [2.05, 4.69) is 15.2 Å². The Morgan fingerprint density at radius 3 is 2.28 bits per heavy atom. The van der Waals surface area contributed by atoms with E-state index in [4.69, 9.17) is 11.6 Å². The summed E-state index contributed by atoms with van der Waals surface area (Å²) >= 11 is 6.01. The number of carbonyl (C=O) groups is 1. The van der Waals surface area contributed by atoms with E-state index in [-0.39, 0.29) is 11.7 Å². The summed E-state index contributed by atoms with van der Waals surface area (Å²) in [6.45, 7) is 0.299. The molecule has 0 fully saturated rings. The molecule has 2 amide bonds. The van der Waals surface area contributed by atoms with Crippen LogP contribution in [0, 0.1) is 0 Å². The van der Waals surface area contributed by atoms with Crippen LogP contribution in [-0.4, -0.2) is 29.7 Å². The van der Waals surface area contributed by atoms with E-state index < -0.39 is 12.4 Å². The van der Waals surface area contributed by atoms with Crippen LogP contribution in [0.1, 0.15) is 17.0 Å². The number of urea groups is 1. The first kappa shape index (κ1) is 21.7. The van der Waals surface area contributed by atoms with Crippen molar-refractivity contribution in [1.82, 2.24) is 5.01 Å². The number of amides is 2. The molecule has 3 aromatic carbocycles. The van der Waals surface area contributed by atoms with Gasteiger partial charge >= 0.3 is 12.4 Å². The maximum Gasteiger partial charge on any atom is 0.573 e. The molecule has 0 saturated carbocycles. The minimum absolute atomic E-state index is 0.164. The van der Waals surface area contributed by atoms with Crippen LogP contribution >= 0.6 is 11.6 Å². The zero-order valence-corrected chi connectivity index (χ0v) is 17.3. The third-order valence-corrected chi connectivity index (χ3v) is 5.08. The summed E-state index contributed by atoms with van der Waals surface area (Å²) in [4.78, 5) is 12.8. The Morgan fingerprint density at radius 1 is 1.00 bits per heavy atom. The molecule has 0 aliphatic carbocycles. The number of nitrogens with zero attached hydrogens (tertiary/aromatic N) is 2. The van der Waals surface area contributed by atoms with Gasteiger partial charge in [0.15, 0.2) is 0 Å². The summed E-state index contributed by atoms with van der Waals surface area (Å²) in [6.07, 6.45) is -4.78. The summed E-state index contributed by atoms with van der Waals surface area (Å²) in [7, 11) is 0. The molecule has 0 bridgehead atoms. The van der Waals surface area contributed by atoms with Crippen LogP contribution in [0.5, 0.6) is 5.75 Å². The summed E-state index contributed by atoms with van der Waals surface area (Å²) in [5, 5.41) is 9.10. The molecular weight excluding hydrogens is 443 g/mol. The summed E-state index contributed by atoms with van der Waals surface area (Å²) in [5.74, 6) is -0.535. The Hall–Kier alpha value is -3.52. The topological polar surface area (TPSA) is 53.9 Å². The number of benzene rings is 3. The number of halogens is 4. The van der Waals surface area contributed by atoms with E-state index in [0.29, 0.717) is 17.3 Å². The molecule has 164 valence electrons. The Bertz CT molecular complexity index is 1120. The van der Waals surface area contributed by atoms with Crippen molar-refractivity contribution >= 4 is 29.0 Å². The maximum atomic E-state index is 12.8. The third kappa shape index (κ3) is 5.20. The molecule has 0 saturated heterocycles. The quantitative estimate of drug-likeness (QED) is 0.499. The second kappa shape index (κ2) is 8.92. The van der Waals surface area contributed by atoms with Gasteiger partial charge in [-0.25, -0.2) is 9.80 Å². The SMILES string of the molecule is O=C(Nc1ccc(OC(F)(F)F)cc1)N1CC(c2ccc(Cl)cc2)C(c2ccccc2)=N1. The smallest absolute Gasteiger partial charge is 0.406 e. The molecule has 4 rings (SSSR count). The highest BCUT2D eigenvalue weighted by Gasteiger charge is 2.33. The van der Waals surface area contributed by atoms with Crippen molar-refractivity contribution in [2.75, 3.05) is 11.9 Å². The number of hydrazone groups is 1. The lowest BCUT2D eigenvalue weighted by Crippen LogP contribution is -2.30. The number of hydrogen-bond donors (Lipinski definition) is 1.